The van der Waals surface area contributed by atoms with Gasteiger partial charge in [-0.15, -0.1) is 0 Å². The largest absolute Gasteiger partial charge is 0.462 e. The van der Waals surface area contributed by atoms with E-state index in [4.69, 9.17) is 18.9 Å². The van der Waals surface area contributed by atoms with Crippen molar-refractivity contribution in [3.8, 4) is 0 Å². The standard InChI is InChI=1S/C45H78O10/c1-3-5-7-9-11-13-15-17-19-21-23-25-27-29-31-33-40(47)52-36-38(37-53-45-44(51)43(50)42(49)39(35-46)55-45)54-41(48)34-32-30-28-26-24-22-20-18-16-14-12-10-8-6-4-2/h12-15,17-20,38-39,42-46,49-51H,3-11,16,21-37H2,1-2H3/b14-12+,15-13+,19-17+,20-18+/t38-,39-,42+,43?,44?,45-/m0/s1. The van der Waals surface area contributed by atoms with Crippen molar-refractivity contribution in [1.82, 2.24) is 0 Å². The SMILES string of the molecule is CCCCC/C=C/C/C=C/CCCCCCCC(=O)O[C@@H](COC(=O)CCCCCCC/C=C/C=C/CCCCCC)CO[C@H]1O[C@@H](CO)[C@@H](O)C(O)C1O. The average Bonchev–Trinajstić information content (AvgIpc) is 3.18. The van der Waals surface area contributed by atoms with E-state index < -0.39 is 55.4 Å². The van der Waals surface area contributed by atoms with Crippen molar-refractivity contribution in [1.29, 1.82) is 0 Å². The van der Waals surface area contributed by atoms with Crippen molar-refractivity contribution in [3.05, 3.63) is 48.6 Å². The number of rotatable bonds is 35. The molecule has 10 nitrogen and oxygen atoms in total. The fraction of sp³-hybridized carbons (Fsp3) is 0.778. The van der Waals surface area contributed by atoms with Crippen LogP contribution in [0.2, 0.25) is 0 Å². The molecular formula is C45H78O10. The lowest BCUT2D eigenvalue weighted by atomic mass is 9.99. The molecule has 4 N–H and O–H groups in total. The van der Waals surface area contributed by atoms with E-state index in [-0.39, 0.29) is 26.1 Å². The number of allylic oxidation sites excluding steroid dienone is 8. The van der Waals surface area contributed by atoms with Crippen molar-refractivity contribution < 1.29 is 49.0 Å². The Morgan fingerprint density at radius 2 is 1.07 bits per heavy atom. The summed E-state index contributed by atoms with van der Waals surface area (Å²) in [6, 6.07) is 0. The molecule has 0 amide bonds. The smallest absolute Gasteiger partial charge is 0.306 e. The Labute approximate surface area is 333 Å². The molecule has 10 heteroatoms. The highest BCUT2D eigenvalue weighted by Gasteiger charge is 2.44. The van der Waals surface area contributed by atoms with Gasteiger partial charge in [0.1, 0.15) is 31.0 Å². The van der Waals surface area contributed by atoms with E-state index in [1.807, 2.05) is 0 Å². The predicted octanol–water partition coefficient (Wildman–Crippen LogP) is 8.88. The number of hydrogen-bond acceptors (Lipinski definition) is 10. The van der Waals surface area contributed by atoms with Crippen LogP contribution in [0.25, 0.3) is 0 Å². The first kappa shape index (κ1) is 50.7. The minimum absolute atomic E-state index is 0.209. The zero-order valence-electron chi connectivity index (χ0n) is 34.4. The van der Waals surface area contributed by atoms with E-state index in [9.17, 15) is 30.0 Å². The monoisotopic (exact) mass is 779 g/mol. The normalized spacial score (nSPS) is 21.0. The van der Waals surface area contributed by atoms with Crippen LogP contribution in [0, 0.1) is 0 Å². The molecule has 0 saturated carbocycles. The van der Waals surface area contributed by atoms with Crippen molar-refractivity contribution in [3.63, 3.8) is 0 Å². The summed E-state index contributed by atoms with van der Waals surface area (Å²) in [5, 5.41) is 40.0. The molecule has 1 aliphatic rings. The van der Waals surface area contributed by atoms with E-state index in [0.29, 0.717) is 12.8 Å². The summed E-state index contributed by atoms with van der Waals surface area (Å²) in [7, 11) is 0. The fourth-order valence-corrected chi connectivity index (χ4v) is 6.21. The molecule has 1 heterocycles. The van der Waals surface area contributed by atoms with Crippen LogP contribution in [0.15, 0.2) is 48.6 Å². The molecule has 0 aromatic heterocycles. The molecule has 2 unspecified atom stereocenters. The second-order valence-corrected chi connectivity index (χ2v) is 14.8. The van der Waals surface area contributed by atoms with Crippen LogP contribution in [0.3, 0.4) is 0 Å². The molecule has 1 fully saturated rings. The van der Waals surface area contributed by atoms with Gasteiger partial charge in [-0.1, -0.05) is 133 Å². The van der Waals surface area contributed by atoms with Gasteiger partial charge in [-0.25, -0.2) is 0 Å². The van der Waals surface area contributed by atoms with Gasteiger partial charge in [-0.05, 0) is 70.6 Å². The van der Waals surface area contributed by atoms with Gasteiger partial charge < -0.3 is 39.4 Å². The average molecular weight is 779 g/mol. The van der Waals surface area contributed by atoms with Gasteiger partial charge in [0.2, 0.25) is 0 Å². The van der Waals surface area contributed by atoms with Gasteiger partial charge in [0.25, 0.3) is 0 Å². The summed E-state index contributed by atoms with van der Waals surface area (Å²) >= 11 is 0. The summed E-state index contributed by atoms with van der Waals surface area (Å²) in [4.78, 5) is 25.3. The van der Waals surface area contributed by atoms with Gasteiger partial charge in [0.15, 0.2) is 12.4 Å². The van der Waals surface area contributed by atoms with Crippen LogP contribution < -0.4 is 0 Å². The van der Waals surface area contributed by atoms with Gasteiger partial charge in [0, 0.05) is 12.8 Å². The fourth-order valence-electron chi connectivity index (χ4n) is 6.21. The maximum Gasteiger partial charge on any atom is 0.306 e. The van der Waals surface area contributed by atoms with Gasteiger partial charge in [0.05, 0.1) is 13.2 Å². The molecule has 1 saturated heterocycles. The first-order valence-corrected chi connectivity index (χ1v) is 21.7. The van der Waals surface area contributed by atoms with Crippen LogP contribution in [0.4, 0.5) is 0 Å². The number of ether oxygens (including phenoxy) is 4. The van der Waals surface area contributed by atoms with Gasteiger partial charge in [-0.3, -0.25) is 9.59 Å². The lowest BCUT2D eigenvalue weighted by Gasteiger charge is -2.39. The van der Waals surface area contributed by atoms with E-state index >= 15 is 0 Å². The lowest BCUT2D eigenvalue weighted by Crippen LogP contribution is -2.59. The Bertz CT molecular complexity index is 1040. The number of hydrogen-bond donors (Lipinski definition) is 4. The summed E-state index contributed by atoms with van der Waals surface area (Å²) in [5.41, 5.74) is 0. The first-order chi connectivity index (χ1) is 26.8. The molecular weight excluding hydrogens is 700 g/mol. The zero-order chi connectivity index (χ0) is 40.2. The van der Waals surface area contributed by atoms with E-state index in [2.05, 4.69) is 62.5 Å². The molecule has 0 radical (unpaired) electrons. The van der Waals surface area contributed by atoms with Crippen LogP contribution in [0.1, 0.15) is 168 Å². The highest BCUT2D eigenvalue weighted by molar-refractivity contribution is 5.70. The minimum atomic E-state index is -1.60. The number of aliphatic hydroxyl groups excluding tert-OH is 4. The molecule has 1 rings (SSSR count). The second-order valence-electron chi connectivity index (χ2n) is 14.8. The summed E-state index contributed by atoms with van der Waals surface area (Å²) in [6.45, 7) is 3.33. The molecule has 0 aliphatic carbocycles. The third-order valence-corrected chi connectivity index (χ3v) is 9.71. The number of esters is 2. The topological polar surface area (TPSA) is 152 Å². The minimum Gasteiger partial charge on any atom is -0.462 e. The summed E-state index contributed by atoms with van der Waals surface area (Å²) < 4.78 is 22.1. The Hall–Kier alpha value is -2.34. The van der Waals surface area contributed by atoms with Crippen molar-refractivity contribution in [2.75, 3.05) is 19.8 Å². The quantitative estimate of drug-likeness (QED) is 0.0213. The van der Waals surface area contributed by atoms with E-state index in [1.54, 1.807) is 0 Å². The number of aliphatic hydroxyl groups is 4. The Morgan fingerprint density at radius 3 is 1.65 bits per heavy atom. The van der Waals surface area contributed by atoms with Crippen LogP contribution in [-0.2, 0) is 28.5 Å². The molecule has 1 aliphatic heterocycles. The number of unbranched alkanes of at least 4 members (excludes halogenated alkanes) is 17. The summed E-state index contributed by atoms with van der Waals surface area (Å²) in [6.07, 6.45) is 33.9. The summed E-state index contributed by atoms with van der Waals surface area (Å²) in [5.74, 6) is -0.843. The Morgan fingerprint density at radius 1 is 0.582 bits per heavy atom. The van der Waals surface area contributed by atoms with E-state index in [0.717, 1.165) is 83.5 Å². The number of carbonyl (C=O) groups is 2. The van der Waals surface area contributed by atoms with Crippen molar-refractivity contribution in [2.24, 2.45) is 0 Å². The van der Waals surface area contributed by atoms with Crippen molar-refractivity contribution >= 4 is 11.9 Å². The maximum atomic E-state index is 12.7. The molecule has 6 atom stereocenters. The molecule has 0 spiro atoms. The highest BCUT2D eigenvalue weighted by Crippen LogP contribution is 2.22. The lowest BCUT2D eigenvalue weighted by molar-refractivity contribution is -0.305. The third-order valence-electron chi connectivity index (χ3n) is 9.71. The highest BCUT2D eigenvalue weighted by atomic mass is 16.7. The Balaban J connectivity index is 2.38. The zero-order valence-corrected chi connectivity index (χ0v) is 34.4. The number of carbonyl (C=O) groups excluding carboxylic acids is 2. The molecule has 55 heavy (non-hydrogen) atoms. The second kappa shape index (κ2) is 36.0. The van der Waals surface area contributed by atoms with Crippen LogP contribution in [-0.4, -0.2) is 89.0 Å². The van der Waals surface area contributed by atoms with Crippen LogP contribution >= 0.6 is 0 Å². The van der Waals surface area contributed by atoms with Gasteiger partial charge in [-0.2, -0.15) is 0 Å². The predicted molar refractivity (Wildman–Crippen MR) is 219 cm³/mol. The molecule has 0 aromatic rings. The molecule has 0 bridgehead atoms. The Kier molecular flexibility index (Phi) is 33.2. The molecule has 0 aromatic carbocycles. The van der Waals surface area contributed by atoms with Crippen LogP contribution in [0.5, 0.6) is 0 Å². The third kappa shape index (κ3) is 27.8. The van der Waals surface area contributed by atoms with Gasteiger partial charge >= 0.3 is 11.9 Å². The molecule has 318 valence electrons. The van der Waals surface area contributed by atoms with Crippen molar-refractivity contribution in [2.45, 2.75) is 205 Å². The maximum absolute atomic E-state index is 12.7. The van der Waals surface area contributed by atoms with E-state index in [1.165, 1.54) is 44.9 Å². The first-order valence-electron chi connectivity index (χ1n) is 21.7.